The van der Waals surface area contributed by atoms with E-state index in [0.29, 0.717) is 11.6 Å². The second-order valence-corrected chi connectivity index (χ2v) is 7.37. The maximum absolute atomic E-state index is 13.2. The first-order valence-electron chi connectivity index (χ1n) is 9.84. The third-order valence-corrected chi connectivity index (χ3v) is 5.63. The molecule has 0 N–H and O–H groups in total. The molecule has 2 aliphatic rings. The first kappa shape index (κ1) is 16.9. The number of amides is 1. The minimum absolute atomic E-state index is 0.0480. The van der Waals surface area contributed by atoms with E-state index in [2.05, 4.69) is 45.2 Å². The third-order valence-electron chi connectivity index (χ3n) is 5.63. The van der Waals surface area contributed by atoms with Crippen LogP contribution in [0.1, 0.15) is 33.6 Å². The molecule has 5 nitrogen and oxygen atoms in total. The molecule has 0 aliphatic carbocycles. The average Bonchev–Trinajstić information content (AvgIpc) is 2.78. The Morgan fingerprint density at radius 2 is 1.64 bits per heavy atom. The van der Waals surface area contributed by atoms with Gasteiger partial charge in [-0.1, -0.05) is 42.5 Å². The molecule has 0 fully saturated rings. The number of hydrogen-bond acceptors (Lipinski definition) is 4. The number of fused-ring (bicyclic) bond motifs is 2. The first-order valence-corrected chi connectivity index (χ1v) is 9.84. The predicted octanol–water partition coefficient (Wildman–Crippen LogP) is 3.63. The van der Waals surface area contributed by atoms with E-state index in [1.54, 1.807) is 12.3 Å². The van der Waals surface area contributed by atoms with Gasteiger partial charge in [-0.25, -0.2) is 9.97 Å². The van der Waals surface area contributed by atoms with Crippen molar-refractivity contribution in [2.24, 2.45) is 0 Å². The van der Waals surface area contributed by atoms with E-state index >= 15 is 0 Å². The Bertz CT molecular complexity index is 1030. The summed E-state index contributed by atoms with van der Waals surface area (Å²) in [4.78, 5) is 26.3. The van der Waals surface area contributed by atoms with E-state index in [1.165, 1.54) is 16.7 Å². The zero-order valence-corrected chi connectivity index (χ0v) is 15.7. The average molecular weight is 370 g/mol. The number of anilines is 2. The van der Waals surface area contributed by atoms with Gasteiger partial charge < -0.3 is 9.80 Å². The van der Waals surface area contributed by atoms with Gasteiger partial charge in [0.05, 0.1) is 0 Å². The molecule has 0 atom stereocenters. The van der Waals surface area contributed by atoms with Crippen LogP contribution in [-0.2, 0) is 19.4 Å². The van der Waals surface area contributed by atoms with Crippen molar-refractivity contribution in [3.8, 4) is 0 Å². The predicted molar refractivity (Wildman–Crippen MR) is 110 cm³/mol. The zero-order chi connectivity index (χ0) is 18.9. The number of aryl methyl sites for hydroxylation is 1. The van der Waals surface area contributed by atoms with Gasteiger partial charge in [0.2, 0.25) is 5.95 Å². The smallest absolute Gasteiger partial charge is 0.277 e. The summed E-state index contributed by atoms with van der Waals surface area (Å²) in [7, 11) is 0. The van der Waals surface area contributed by atoms with Gasteiger partial charge in [0.25, 0.3) is 5.91 Å². The zero-order valence-electron chi connectivity index (χ0n) is 15.7. The second-order valence-electron chi connectivity index (χ2n) is 7.37. The van der Waals surface area contributed by atoms with Crippen molar-refractivity contribution in [3.63, 3.8) is 0 Å². The number of carbonyl (C=O) groups is 1. The lowest BCUT2D eigenvalue weighted by atomic mass is 10.0. The SMILES string of the molecule is O=C(c1ccnc(N2CCc3ccccc3C2)n1)N1CCCc2ccccc21. The number of carbonyl (C=O) groups excluding carboxylic acids is 1. The Hall–Kier alpha value is -3.21. The molecule has 1 aromatic heterocycles. The number of para-hydroxylation sites is 1. The molecule has 0 saturated carbocycles. The summed E-state index contributed by atoms with van der Waals surface area (Å²) in [6.45, 7) is 2.37. The van der Waals surface area contributed by atoms with Crippen molar-refractivity contribution in [1.29, 1.82) is 0 Å². The molecule has 2 aromatic carbocycles. The Morgan fingerprint density at radius 3 is 2.54 bits per heavy atom. The Labute approximate surface area is 164 Å². The number of nitrogens with zero attached hydrogens (tertiary/aromatic N) is 4. The van der Waals surface area contributed by atoms with E-state index < -0.39 is 0 Å². The van der Waals surface area contributed by atoms with E-state index in [9.17, 15) is 4.79 Å². The van der Waals surface area contributed by atoms with Crippen molar-refractivity contribution in [1.82, 2.24) is 9.97 Å². The topological polar surface area (TPSA) is 49.3 Å². The summed E-state index contributed by atoms with van der Waals surface area (Å²) in [6.07, 6.45) is 4.66. The molecule has 0 unspecified atom stereocenters. The minimum atomic E-state index is -0.0480. The summed E-state index contributed by atoms with van der Waals surface area (Å²) in [5.41, 5.74) is 5.38. The van der Waals surface area contributed by atoms with Gasteiger partial charge >= 0.3 is 0 Å². The number of aromatic nitrogens is 2. The van der Waals surface area contributed by atoms with Crippen molar-refractivity contribution < 1.29 is 4.79 Å². The highest BCUT2D eigenvalue weighted by atomic mass is 16.2. The largest absolute Gasteiger partial charge is 0.336 e. The van der Waals surface area contributed by atoms with Crippen LogP contribution >= 0.6 is 0 Å². The molecule has 0 saturated heterocycles. The van der Waals surface area contributed by atoms with Gasteiger partial charge in [-0.15, -0.1) is 0 Å². The van der Waals surface area contributed by atoms with Crippen LogP contribution in [0, 0.1) is 0 Å². The molecule has 0 radical (unpaired) electrons. The van der Waals surface area contributed by atoms with Crippen LogP contribution in [0.15, 0.2) is 60.8 Å². The number of hydrogen-bond donors (Lipinski definition) is 0. The van der Waals surface area contributed by atoms with Crippen LogP contribution in [0.2, 0.25) is 0 Å². The number of rotatable bonds is 2. The van der Waals surface area contributed by atoms with Crippen LogP contribution in [0.3, 0.4) is 0 Å². The summed E-state index contributed by atoms with van der Waals surface area (Å²) in [5, 5.41) is 0. The van der Waals surface area contributed by atoms with Gasteiger partial charge in [-0.05, 0) is 48.1 Å². The fraction of sp³-hybridized carbons (Fsp3) is 0.261. The monoisotopic (exact) mass is 370 g/mol. The van der Waals surface area contributed by atoms with Crippen molar-refractivity contribution in [3.05, 3.63) is 83.2 Å². The molecular formula is C23H22N4O. The molecule has 0 bridgehead atoms. The lowest BCUT2D eigenvalue weighted by molar-refractivity contribution is 0.0980. The maximum Gasteiger partial charge on any atom is 0.277 e. The van der Waals surface area contributed by atoms with Gasteiger partial charge in [0.15, 0.2) is 0 Å². The van der Waals surface area contributed by atoms with Gasteiger partial charge in [-0.2, -0.15) is 0 Å². The summed E-state index contributed by atoms with van der Waals surface area (Å²) in [6, 6.07) is 18.4. The lowest BCUT2D eigenvalue weighted by Crippen LogP contribution is -2.37. The van der Waals surface area contributed by atoms with Crippen LogP contribution in [-0.4, -0.2) is 29.0 Å². The summed E-state index contributed by atoms with van der Waals surface area (Å²) in [5.74, 6) is 0.582. The molecule has 3 aromatic rings. The van der Waals surface area contributed by atoms with Crippen molar-refractivity contribution in [2.75, 3.05) is 22.9 Å². The Kier molecular flexibility index (Phi) is 4.28. The highest BCUT2D eigenvalue weighted by Crippen LogP contribution is 2.28. The van der Waals surface area contributed by atoms with E-state index in [0.717, 1.165) is 44.6 Å². The van der Waals surface area contributed by atoms with Crippen LogP contribution in [0.5, 0.6) is 0 Å². The molecule has 0 spiro atoms. The fourth-order valence-corrected chi connectivity index (χ4v) is 4.17. The number of benzene rings is 2. The van der Waals surface area contributed by atoms with Crippen LogP contribution in [0.25, 0.3) is 0 Å². The summed E-state index contributed by atoms with van der Waals surface area (Å²) < 4.78 is 0. The highest BCUT2D eigenvalue weighted by molar-refractivity contribution is 6.05. The van der Waals surface area contributed by atoms with Gasteiger partial charge in [0, 0.05) is 31.5 Å². The third kappa shape index (κ3) is 3.03. The standard InChI is InChI=1S/C23H22N4O/c28-22(27-14-5-9-18-7-3-4-10-21(18)27)20-11-13-24-23(25-20)26-15-12-17-6-1-2-8-19(17)16-26/h1-4,6-8,10-11,13H,5,9,12,14-16H2. The normalized spacial score (nSPS) is 15.7. The molecule has 1 amide bonds. The molecule has 3 heterocycles. The van der Waals surface area contributed by atoms with Crippen LogP contribution < -0.4 is 9.80 Å². The van der Waals surface area contributed by atoms with Gasteiger partial charge in [0.1, 0.15) is 5.69 Å². The quantitative estimate of drug-likeness (QED) is 0.691. The van der Waals surface area contributed by atoms with Crippen LogP contribution in [0.4, 0.5) is 11.6 Å². The molecule has 2 aliphatic heterocycles. The maximum atomic E-state index is 13.2. The van der Waals surface area contributed by atoms with E-state index in [4.69, 9.17) is 0 Å². The lowest BCUT2D eigenvalue weighted by Gasteiger charge is -2.30. The van der Waals surface area contributed by atoms with E-state index in [1.807, 2.05) is 23.1 Å². The molecule has 5 rings (SSSR count). The second kappa shape index (κ2) is 7.08. The fourth-order valence-electron chi connectivity index (χ4n) is 4.17. The van der Waals surface area contributed by atoms with Crippen molar-refractivity contribution >= 4 is 17.5 Å². The molecule has 140 valence electrons. The summed E-state index contributed by atoms with van der Waals surface area (Å²) >= 11 is 0. The Morgan fingerprint density at radius 1 is 0.857 bits per heavy atom. The minimum Gasteiger partial charge on any atom is -0.336 e. The van der Waals surface area contributed by atoms with E-state index in [-0.39, 0.29) is 5.91 Å². The first-order chi connectivity index (χ1) is 13.8. The molecule has 28 heavy (non-hydrogen) atoms. The Balaban J connectivity index is 1.42. The van der Waals surface area contributed by atoms with Crippen molar-refractivity contribution in [2.45, 2.75) is 25.8 Å². The molecule has 5 heteroatoms. The highest BCUT2D eigenvalue weighted by Gasteiger charge is 2.25. The van der Waals surface area contributed by atoms with Gasteiger partial charge in [-0.3, -0.25) is 4.79 Å². The molecular weight excluding hydrogens is 348 g/mol.